The smallest absolute Gasteiger partial charge is 0.0840 e. The maximum atomic E-state index is 7.74. The van der Waals surface area contributed by atoms with E-state index in [0.29, 0.717) is 0 Å². The lowest BCUT2D eigenvalue weighted by Gasteiger charge is -1.97. The monoisotopic (exact) mass is 164 g/mol. The maximum absolute atomic E-state index is 7.74. The number of pyridine rings is 2. The Labute approximate surface area is 82.2 Å². The van der Waals surface area contributed by atoms with E-state index in [9.17, 15) is 0 Å². The van der Waals surface area contributed by atoms with Crippen molar-refractivity contribution >= 4 is 0 Å². The third-order valence-corrected chi connectivity index (χ3v) is 1.20. The van der Waals surface area contributed by atoms with Crippen molar-refractivity contribution in [3.05, 3.63) is 48.9 Å². The third-order valence-electron chi connectivity index (χ3n) is 1.20. The van der Waals surface area contributed by atoms with Crippen molar-refractivity contribution in [2.75, 3.05) is 0 Å². The van der Waals surface area contributed by atoms with E-state index in [4.69, 9.17) is 11.0 Å². The first kappa shape index (κ1) is 2.39. The van der Waals surface area contributed by atoms with Crippen molar-refractivity contribution in [3.8, 4) is 11.1 Å². The van der Waals surface area contributed by atoms with Gasteiger partial charge >= 0.3 is 0 Å². The van der Waals surface area contributed by atoms with Crippen LogP contribution < -0.4 is 0 Å². The van der Waals surface area contributed by atoms with Gasteiger partial charge in [0.25, 0.3) is 0 Å². The van der Waals surface area contributed by atoms with Crippen LogP contribution in [-0.4, -0.2) is 9.97 Å². The molecular formula is C10H8N2. The molecule has 0 aliphatic heterocycles. The number of hydrogen-bond acceptors (Lipinski definition) is 2. The van der Waals surface area contributed by atoms with E-state index in [2.05, 4.69) is 9.97 Å². The fraction of sp³-hybridized carbons (Fsp3) is 0. The highest BCUT2D eigenvalue weighted by Crippen LogP contribution is 2.15. The van der Waals surface area contributed by atoms with Gasteiger partial charge in [-0.3, -0.25) is 9.97 Å². The standard InChI is InChI=1S/C10H8N2/c1-5-11-6-2-9(1)10-3-7-12-8-4-10/h1-8H/i1D,2D,3D,4D,5D,6D,7D,8D. The summed E-state index contributed by atoms with van der Waals surface area (Å²) >= 11 is 0. The predicted octanol–water partition coefficient (Wildman–Crippen LogP) is 2.14. The highest BCUT2D eigenvalue weighted by atomic mass is 14.6. The Kier molecular flexibility index (Phi) is 0.624. The molecule has 0 unspecified atom stereocenters. The Morgan fingerprint density at radius 3 is 1.42 bits per heavy atom. The predicted molar refractivity (Wildman–Crippen MR) is 47.5 cm³/mol. The summed E-state index contributed by atoms with van der Waals surface area (Å²) in [5.41, 5.74) is -0.621. The maximum Gasteiger partial charge on any atom is 0.0840 e. The van der Waals surface area contributed by atoms with Crippen LogP contribution in [0.15, 0.2) is 48.9 Å². The second-order valence-corrected chi connectivity index (χ2v) is 1.92. The first-order valence-corrected chi connectivity index (χ1v) is 3.14. The SMILES string of the molecule is [2H]c1nc([2H])c([2H])c(-c2c([2H])c([2H])nc([2H])c2[2H])c1[2H]. The van der Waals surface area contributed by atoms with E-state index in [0.717, 1.165) is 0 Å². The van der Waals surface area contributed by atoms with E-state index in [1.54, 1.807) is 0 Å². The lowest BCUT2D eigenvalue weighted by atomic mass is 10.1. The average Bonchev–Trinajstić information content (AvgIpc) is 2.38. The van der Waals surface area contributed by atoms with Crippen LogP contribution in [0.1, 0.15) is 11.0 Å². The van der Waals surface area contributed by atoms with Crippen molar-refractivity contribution in [2.45, 2.75) is 0 Å². The molecule has 0 radical (unpaired) electrons. The minimum atomic E-state index is -0.560. The van der Waals surface area contributed by atoms with Gasteiger partial charge in [-0.1, -0.05) is 0 Å². The average molecular weight is 164 g/mol. The van der Waals surface area contributed by atoms with Gasteiger partial charge in [0.15, 0.2) is 0 Å². The van der Waals surface area contributed by atoms with Gasteiger partial charge in [-0.2, -0.15) is 0 Å². The third kappa shape index (κ3) is 1.32. The summed E-state index contributed by atoms with van der Waals surface area (Å²) in [5, 5.41) is 0. The van der Waals surface area contributed by atoms with Crippen molar-refractivity contribution < 1.29 is 11.0 Å². The van der Waals surface area contributed by atoms with Crippen molar-refractivity contribution in [1.82, 2.24) is 9.97 Å². The number of hydrogen-bond donors (Lipinski definition) is 0. The molecule has 0 N–H and O–H groups in total. The van der Waals surface area contributed by atoms with Gasteiger partial charge < -0.3 is 0 Å². The molecule has 0 aromatic carbocycles. The van der Waals surface area contributed by atoms with Crippen LogP contribution in [0, 0.1) is 0 Å². The van der Waals surface area contributed by atoms with Gasteiger partial charge in [0, 0.05) is 24.7 Å². The van der Waals surface area contributed by atoms with E-state index in [1.165, 1.54) is 0 Å². The quantitative estimate of drug-likeness (QED) is 0.645. The summed E-state index contributed by atoms with van der Waals surface area (Å²) in [6.07, 6.45) is -2.24. The van der Waals surface area contributed by atoms with Crippen molar-refractivity contribution in [3.63, 3.8) is 0 Å². The molecule has 2 nitrogen and oxygen atoms in total. The van der Waals surface area contributed by atoms with Crippen LogP contribution in [0.4, 0.5) is 0 Å². The molecule has 0 fully saturated rings. The van der Waals surface area contributed by atoms with E-state index in [1.807, 2.05) is 0 Å². The molecule has 2 aromatic heterocycles. The molecule has 0 saturated carbocycles. The molecule has 0 spiro atoms. The Bertz CT molecular complexity index is 601. The molecule has 0 amide bonds. The second kappa shape index (κ2) is 3.13. The van der Waals surface area contributed by atoms with Gasteiger partial charge in [-0.15, -0.1) is 0 Å². The molecule has 2 rings (SSSR count). The molecular weight excluding hydrogens is 148 g/mol. The Balaban J connectivity index is 2.96. The fourth-order valence-corrected chi connectivity index (χ4v) is 0.704. The van der Waals surface area contributed by atoms with Crippen LogP contribution in [-0.2, 0) is 0 Å². The fourth-order valence-electron chi connectivity index (χ4n) is 0.704. The Hall–Kier alpha value is -1.70. The first-order valence-electron chi connectivity index (χ1n) is 7.14. The Morgan fingerprint density at radius 1 is 0.750 bits per heavy atom. The van der Waals surface area contributed by atoms with Gasteiger partial charge in [-0.05, 0) is 35.3 Å². The zero-order chi connectivity index (χ0) is 15.2. The summed E-state index contributed by atoms with van der Waals surface area (Å²) in [7, 11) is 0. The van der Waals surface area contributed by atoms with E-state index in [-0.39, 0.29) is 11.1 Å². The van der Waals surface area contributed by atoms with Crippen molar-refractivity contribution in [1.29, 1.82) is 0 Å². The molecule has 2 heteroatoms. The van der Waals surface area contributed by atoms with Gasteiger partial charge in [-0.25, -0.2) is 0 Å². The molecule has 12 heavy (non-hydrogen) atoms. The highest BCUT2D eigenvalue weighted by molar-refractivity contribution is 5.61. The molecule has 0 atom stereocenters. The summed E-state index contributed by atoms with van der Waals surface area (Å²) in [4.78, 5) is 6.78. The first-order chi connectivity index (χ1) is 9.25. The number of rotatable bonds is 1. The van der Waals surface area contributed by atoms with Crippen LogP contribution in [0.3, 0.4) is 0 Å². The zero-order valence-electron chi connectivity index (χ0n) is 13.9. The number of aromatic nitrogens is 2. The topological polar surface area (TPSA) is 25.8 Å². The zero-order valence-corrected chi connectivity index (χ0v) is 5.89. The summed E-state index contributed by atoms with van der Waals surface area (Å²) in [6.45, 7) is 0. The number of nitrogens with zero attached hydrogens (tertiary/aromatic N) is 2. The molecule has 58 valence electrons. The van der Waals surface area contributed by atoms with E-state index >= 15 is 0 Å². The molecule has 0 saturated heterocycles. The minimum absolute atomic E-state index is 0.311. The lowest BCUT2D eigenvalue weighted by Crippen LogP contribution is -1.77. The molecule has 0 aliphatic rings. The minimum Gasteiger partial charge on any atom is -0.265 e. The molecule has 0 aliphatic carbocycles. The van der Waals surface area contributed by atoms with E-state index < -0.39 is 48.9 Å². The van der Waals surface area contributed by atoms with Gasteiger partial charge in [0.2, 0.25) is 0 Å². The molecule has 2 aromatic rings. The van der Waals surface area contributed by atoms with Crippen LogP contribution in [0.2, 0.25) is 0 Å². The molecule has 0 bridgehead atoms. The summed E-state index contributed by atoms with van der Waals surface area (Å²) in [5.74, 6) is 0. The highest BCUT2D eigenvalue weighted by Gasteiger charge is 1.92. The van der Waals surface area contributed by atoms with Crippen LogP contribution in [0.25, 0.3) is 11.1 Å². The molecule has 2 heterocycles. The summed E-state index contributed by atoms with van der Waals surface area (Å²) < 4.78 is 60.8. The van der Waals surface area contributed by atoms with Gasteiger partial charge in [0.1, 0.15) is 0 Å². The van der Waals surface area contributed by atoms with Gasteiger partial charge in [0.05, 0.1) is 11.0 Å². The van der Waals surface area contributed by atoms with Crippen LogP contribution >= 0.6 is 0 Å². The summed E-state index contributed by atoms with van der Waals surface area (Å²) in [6, 6.07) is -2.06. The Morgan fingerprint density at radius 2 is 1.08 bits per heavy atom. The van der Waals surface area contributed by atoms with Crippen LogP contribution in [0.5, 0.6) is 0 Å². The largest absolute Gasteiger partial charge is 0.265 e. The normalized spacial score (nSPS) is 19.0. The van der Waals surface area contributed by atoms with Crippen molar-refractivity contribution in [2.24, 2.45) is 0 Å². The lowest BCUT2D eigenvalue weighted by molar-refractivity contribution is 1.31. The second-order valence-electron chi connectivity index (χ2n) is 1.92.